The molecule has 0 spiro atoms. The minimum absolute atomic E-state index is 0.206. The van der Waals surface area contributed by atoms with Gasteiger partial charge in [-0.2, -0.15) is 0 Å². The summed E-state index contributed by atoms with van der Waals surface area (Å²) >= 11 is 0. The Bertz CT molecular complexity index is 365. The molecule has 1 nitrogen and oxygen atoms in total. The quantitative estimate of drug-likeness (QED) is 0.713. The van der Waals surface area contributed by atoms with Gasteiger partial charge in [0.2, 0.25) is 0 Å². The summed E-state index contributed by atoms with van der Waals surface area (Å²) in [5.41, 5.74) is 0.276. The largest absolute Gasteiger partial charge is 0.300 e. The molecule has 4 fully saturated rings. The molecule has 20 heavy (non-hydrogen) atoms. The van der Waals surface area contributed by atoms with E-state index in [0.717, 1.165) is 23.7 Å². The van der Waals surface area contributed by atoms with Gasteiger partial charge >= 0.3 is 0 Å². The van der Waals surface area contributed by atoms with E-state index in [1.165, 1.54) is 38.0 Å². The molecule has 4 aliphatic carbocycles. The first-order chi connectivity index (χ1) is 9.37. The Morgan fingerprint density at radius 1 is 0.900 bits per heavy atom. The van der Waals surface area contributed by atoms with Crippen molar-refractivity contribution in [2.75, 3.05) is 0 Å². The molecule has 1 radical (unpaired) electrons. The van der Waals surface area contributed by atoms with Crippen LogP contribution in [0.25, 0.3) is 0 Å². The lowest BCUT2D eigenvalue weighted by atomic mass is 9.38. The van der Waals surface area contributed by atoms with Crippen molar-refractivity contribution < 1.29 is 4.79 Å². The van der Waals surface area contributed by atoms with Gasteiger partial charge in [0.25, 0.3) is 0 Å². The van der Waals surface area contributed by atoms with Crippen molar-refractivity contribution in [2.45, 2.75) is 66.7 Å². The summed E-state index contributed by atoms with van der Waals surface area (Å²) in [6.07, 6.45) is 7.11. The predicted molar refractivity (Wildman–Crippen MR) is 83.1 cm³/mol. The third kappa shape index (κ3) is 1.84. The number of carbonyl (C=O) groups excluding carboxylic acids is 1. The highest BCUT2D eigenvalue weighted by Gasteiger charge is 2.62. The van der Waals surface area contributed by atoms with Crippen LogP contribution in [0.2, 0.25) is 0 Å². The zero-order chi connectivity index (χ0) is 14.7. The van der Waals surface area contributed by atoms with Gasteiger partial charge < -0.3 is 0 Å². The molecular formula is C19H31O. The van der Waals surface area contributed by atoms with Crippen molar-refractivity contribution in [3.63, 3.8) is 0 Å². The molecule has 0 N–H and O–H groups in total. The van der Waals surface area contributed by atoms with Crippen LogP contribution in [0.15, 0.2) is 0 Å². The van der Waals surface area contributed by atoms with Gasteiger partial charge in [-0.15, -0.1) is 0 Å². The minimum Gasteiger partial charge on any atom is -0.300 e. The molecule has 1 unspecified atom stereocenters. The topological polar surface area (TPSA) is 17.1 Å². The van der Waals surface area contributed by atoms with E-state index >= 15 is 0 Å². The lowest BCUT2D eigenvalue weighted by Crippen LogP contribution is -2.60. The Labute approximate surface area is 124 Å². The molecule has 1 heteroatoms. The molecule has 4 saturated carbocycles. The van der Waals surface area contributed by atoms with Crippen molar-refractivity contribution in [1.82, 2.24) is 0 Å². The molecule has 0 saturated heterocycles. The van der Waals surface area contributed by atoms with Gasteiger partial charge in [0.1, 0.15) is 5.78 Å². The standard InChI is InChI=1S/C19H31O/c1-11(2)18(13(5)20)19(12(3)4)16-7-14-6-15(9-16)10-17(19)8-14/h12,14-18H,6-10H2,1-5H3. The molecule has 4 aliphatic rings. The van der Waals surface area contributed by atoms with Crippen LogP contribution >= 0.6 is 0 Å². The summed E-state index contributed by atoms with van der Waals surface area (Å²) in [5, 5.41) is 0. The van der Waals surface area contributed by atoms with Crippen LogP contribution in [0.4, 0.5) is 0 Å². The summed E-state index contributed by atoms with van der Waals surface area (Å²) in [5.74, 6) is 6.19. The zero-order valence-electron chi connectivity index (χ0n) is 13.9. The summed E-state index contributed by atoms with van der Waals surface area (Å²) in [4.78, 5) is 12.5. The Morgan fingerprint density at radius 3 is 1.65 bits per heavy atom. The van der Waals surface area contributed by atoms with Gasteiger partial charge in [-0.25, -0.2) is 0 Å². The Morgan fingerprint density at radius 2 is 1.35 bits per heavy atom. The molecule has 0 aromatic carbocycles. The van der Waals surface area contributed by atoms with Crippen molar-refractivity contribution >= 4 is 5.78 Å². The van der Waals surface area contributed by atoms with E-state index in [9.17, 15) is 4.79 Å². The van der Waals surface area contributed by atoms with E-state index in [2.05, 4.69) is 27.7 Å². The highest BCUT2D eigenvalue weighted by atomic mass is 16.1. The van der Waals surface area contributed by atoms with Gasteiger partial charge in [-0.05, 0) is 80.0 Å². The van der Waals surface area contributed by atoms with Gasteiger partial charge in [0.05, 0.1) is 0 Å². The lowest BCUT2D eigenvalue weighted by Gasteiger charge is -2.66. The average molecular weight is 275 g/mol. The van der Waals surface area contributed by atoms with E-state index in [4.69, 9.17) is 0 Å². The molecule has 0 heterocycles. The highest BCUT2D eigenvalue weighted by Crippen LogP contribution is 2.68. The molecule has 0 amide bonds. The first-order valence-electron chi connectivity index (χ1n) is 8.67. The maximum Gasteiger partial charge on any atom is 0.134 e. The maximum atomic E-state index is 12.5. The van der Waals surface area contributed by atoms with Gasteiger partial charge in [-0.3, -0.25) is 4.79 Å². The zero-order valence-corrected chi connectivity index (χ0v) is 13.9. The fourth-order valence-electron chi connectivity index (χ4n) is 7.01. The lowest BCUT2D eigenvalue weighted by molar-refractivity contribution is -0.170. The second kappa shape index (κ2) is 4.85. The van der Waals surface area contributed by atoms with Crippen LogP contribution in [0.1, 0.15) is 66.7 Å². The Balaban J connectivity index is 2.06. The van der Waals surface area contributed by atoms with E-state index in [0.29, 0.717) is 11.7 Å². The minimum atomic E-state index is 0.206. The highest BCUT2D eigenvalue weighted by molar-refractivity contribution is 5.81. The second-order valence-corrected chi connectivity index (χ2v) is 8.58. The molecule has 4 rings (SSSR count). The van der Waals surface area contributed by atoms with Crippen LogP contribution in [0.5, 0.6) is 0 Å². The molecule has 113 valence electrons. The van der Waals surface area contributed by atoms with Crippen molar-refractivity contribution in [1.29, 1.82) is 0 Å². The summed E-state index contributed by atoms with van der Waals surface area (Å²) in [7, 11) is 0. The second-order valence-electron chi connectivity index (χ2n) is 8.58. The van der Waals surface area contributed by atoms with Crippen molar-refractivity contribution in [3.05, 3.63) is 5.92 Å². The first-order valence-corrected chi connectivity index (χ1v) is 8.67. The predicted octanol–water partition coefficient (Wildman–Crippen LogP) is 4.90. The van der Waals surface area contributed by atoms with Gasteiger partial charge in [0.15, 0.2) is 0 Å². The van der Waals surface area contributed by atoms with Crippen molar-refractivity contribution in [2.24, 2.45) is 40.9 Å². The Kier molecular flexibility index (Phi) is 3.54. The fraction of sp³-hybridized carbons (Fsp3) is 0.895. The molecule has 0 aromatic rings. The molecule has 0 aliphatic heterocycles. The van der Waals surface area contributed by atoms with Gasteiger partial charge in [0, 0.05) is 5.92 Å². The normalized spacial score (nSPS) is 44.4. The van der Waals surface area contributed by atoms with E-state index < -0.39 is 0 Å². The van der Waals surface area contributed by atoms with Crippen LogP contribution in [0, 0.1) is 46.8 Å². The van der Waals surface area contributed by atoms with Crippen LogP contribution in [-0.4, -0.2) is 5.78 Å². The smallest absolute Gasteiger partial charge is 0.134 e. The third-order valence-electron chi connectivity index (χ3n) is 7.04. The number of hydrogen-bond acceptors (Lipinski definition) is 1. The molecular weight excluding hydrogens is 244 g/mol. The maximum absolute atomic E-state index is 12.5. The first kappa shape index (κ1) is 14.6. The number of Topliss-reactive ketones (excluding diaryl/α,β-unsaturated/α-hetero) is 1. The van der Waals surface area contributed by atoms with E-state index in [-0.39, 0.29) is 11.3 Å². The number of hydrogen-bond donors (Lipinski definition) is 0. The molecule has 1 atom stereocenters. The monoisotopic (exact) mass is 275 g/mol. The van der Waals surface area contributed by atoms with Crippen LogP contribution < -0.4 is 0 Å². The SMILES string of the molecule is C[C](C)C(C(C)=O)C1(C(C)C)C2CC3CC(C2)CC1C3. The third-order valence-corrected chi connectivity index (χ3v) is 7.04. The van der Waals surface area contributed by atoms with Crippen molar-refractivity contribution in [3.8, 4) is 0 Å². The number of carbonyl (C=O) groups is 1. The summed E-state index contributed by atoms with van der Waals surface area (Å²) < 4.78 is 0. The van der Waals surface area contributed by atoms with Crippen LogP contribution in [0.3, 0.4) is 0 Å². The number of rotatable bonds is 4. The summed E-state index contributed by atoms with van der Waals surface area (Å²) in [6.45, 7) is 11.0. The molecule has 0 aromatic heterocycles. The van der Waals surface area contributed by atoms with E-state index in [1.54, 1.807) is 0 Å². The summed E-state index contributed by atoms with van der Waals surface area (Å²) in [6, 6.07) is 0. The van der Waals surface area contributed by atoms with Gasteiger partial charge in [-0.1, -0.05) is 27.7 Å². The van der Waals surface area contributed by atoms with Crippen LogP contribution in [-0.2, 0) is 4.79 Å². The van der Waals surface area contributed by atoms with E-state index in [1.807, 2.05) is 6.92 Å². The average Bonchev–Trinajstić information content (AvgIpc) is 2.31. The Hall–Kier alpha value is -0.330. The molecule has 4 bridgehead atoms. The number of ketones is 1. The fourth-order valence-corrected chi connectivity index (χ4v) is 7.01.